The van der Waals surface area contributed by atoms with Crippen molar-refractivity contribution in [3.05, 3.63) is 29.8 Å². The average molecular weight is 289 g/mol. The molecule has 1 aliphatic rings. The quantitative estimate of drug-likeness (QED) is 0.565. The number of carbonyl (C=O) groups excluding carboxylic acids is 1. The largest absolute Gasteiger partial charge is 0.494 e. The molecule has 1 fully saturated rings. The van der Waals surface area contributed by atoms with Gasteiger partial charge in [-0.3, -0.25) is 4.79 Å². The van der Waals surface area contributed by atoms with Crippen LogP contribution >= 0.6 is 0 Å². The fourth-order valence-electron chi connectivity index (χ4n) is 2.92. The number of hydrogen-bond acceptors (Lipinski definition) is 3. The number of nitrogens with zero attached hydrogens (tertiary/aromatic N) is 1. The third-order valence-corrected chi connectivity index (χ3v) is 4.12. The molecule has 1 aliphatic heterocycles. The van der Waals surface area contributed by atoms with Crippen LogP contribution in [0.2, 0.25) is 0 Å². The second kappa shape index (κ2) is 8.18. The fraction of sp³-hybridized carbons (Fsp3) is 0.611. The summed E-state index contributed by atoms with van der Waals surface area (Å²) in [6.07, 6.45) is 4.97. The van der Waals surface area contributed by atoms with Gasteiger partial charge in [0.15, 0.2) is 5.78 Å². The van der Waals surface area contributed by atoms with E-state index in [1.165, 1.54) is 38.9 Å². The average Bonchev–Trinajstić information content (AvgIpc) is 2.47. The Labute approximate surface area is 128 Å². The first-order valence-electron chi connectivity index (χ1n) is 8.11. The Kier molecular flexibility index (Phi) is 6.24. The molecule has 0 radical (unpaired) electrons. The molecule has 1 heterocycles. The Hall–Kier alpha value is -1.35. The van der Waals surface area contributed by atoms with Gasteiger partial charge in [0.05, 0.1) is 6.61 Å². The SMILES string of the molecule is CC(=O)c1cccc(OCCCCN2CCCC(C)C2)c1. The number of likely N-dealkylation sites (tertiary alicyclic amines) is 1. The summed E-state index contributed by atoms with van der Waals surface area (Å²) in [7, 11) is 0. The van der Waals surface area contributed by atoms with E-state index in [-0.39, 0.29) is 5.78 Å². The molecule has 3 nitrogen and oxygen atoms in total. The molecule has 0 aromatic heterocycles. The van der Waals surface area contributed by atoms with Gasteiger partial charge >= 0.3 is 0 Å². The third kappa shape index (κ3) is 5.50. The first kappa shape index (κ1) is 16.0. The van der Waals surface area contributed by atoms with E-state index >= 15 is 0 Å². The molecule has 1 atom stereocenters. The summed E-state index contributed by atoms with van der Waals surface area (Å²) in [5, 5.41) is 0. The maximum absolute atomic E-state index is 11.3. The zero-order chi connectivity index (χ0) is 15.1. The second-order valence-electron chi connectivity index (χ2n) is 6.19. The maximum Gasteiger partial charge on any atom is 0.159 e. The normalized spacial score (nSPS) is 19.4. The van der Waals surface area contributed by atoms with Crippen molar-refractivity contribution in [2.45, 2.75) is 39.5 Å². The van der Waals surface area contributed by atoms with Crippen LogP contribution < -0.4 is 4.74 Å². The van der Waals surface area contributed by atoms with Gasteiger partial charge in [0, 0.05) is 12.1 Å². The van der Waals surface area contributed by atoms with Crippen molar-refractivity contribution in [1.82, 2.24) is 4.90 Å². The van der Waals surface area contributed by atoms with Gasteiger partial charge in [0.2, 0.25) is 0 Å². The van der Waals surface area contributed by atoms with Gasteiger partial charge in [-0.25, -0.2) is 0 Å². The first-order valence-corrected chi connectivity index (χ1v) is 8.11. The molecule has 3 heteroatoms. The summed E-state index contributed by atoms with van der Waals surface area (Å²) in [6.45, 7) is 8.34. The summed E-state index contributed by atoms with van der Waals surface area (Å²) in [4.78, 5) is 13.9. The molecule has 21 heavy (non-hydrogen) atoms. The van der Waals surface area contributed by atoms with Crippen LogP contribution in [0, 0.1) is 5.92 Å². The predicted molar refractivity (Wildman–Crippen MR) is 86.0 cm³/mol. The van der Waals surface area contributed by atoms with Crippen molar-refractivity contribution in [3.8, 4) is 5.75 Å². The molecule has 0 aliphatic carbocycles. The van der Waals surface area contributed by atoms with E-state index in [9.17, 15) is 4.79 Å². The summed E-state index contributed by atoms with van der Waals surface area (Å²) >= 11 is 0. The number of ether oxygens (including phenoxy) is 1. The molecule has 0 bridgehead atoms. The fourth-order valence-corrected chi connectivity index (χ4v) is 2.92. The van der Waals surface area contributed by atoms with Crippen molar-refractivity contribution < 1.29 is 9.53 Å². The minimum absolute atomic E-state index is 0.0830. The van der Waals surface area contributed by atoms with Crippen molar-refractivity contribution >= 4 is 5.78 Å². The van der Waals surface area contributed by atoms with Gasteiger partial charge in [0.25, 0.3) is 0 Å². The van der Waals surface area contributed by atoms with Crippen molar-refractivity contribution in [3.63, 3.8) is 0 Å². The molecule has 0 N–H and O–H groups in total. The lowest BCUT2D eigenvalue weighted by atomic mass is 10.0. The molecule has 1 unspecified atom stereocenters. The monoisotopic (exact) mass is 289 g/mol. The van der Waals surface area contributed by atoms with E-state index in [1.807, 2.05) is 24.3 Å². The van der Waals surface area contributed by atoms with E-state index in [2.05, 4.69) is 11.8 Å². The third-order valence-electron chi connectivity index (χ3n) is 4.12. The lowest BCUT2D eigenvalue weighted by Gasteiger charge is -2.30. The molecule has 0 spiro atoms. The number of hydrogen-bond donors (Lipinski definition) is 0. The second-order valence-corrected chi connectivity index (χ2v) is 6.19. The van der Waals surface area contributed by atoms with Crippen molar-refractivity contribution in [2.75, 3.05) is 26.2 Å². The van der Waals surface area contributed by atoms with E-state index in [4.69, 9.17) is 4.74 Å². The highest BCUT2D eigenvalue weighted by Crippen LogP contribution is 2.16. The molecule has 1 saturated heterocycles. The van der Waals surface area contributed by atoms with Crippen LogP contribution in [0.25, 0.3) is 0 Å². The summed E-state index contributed by atoms with van der Waals surface area (Å²) in [6, 6.07) is 7.45. The van der Waals surface area contributed by atoms with E-state index in [0.717, 1.165) is 30.3 Å². The highest BCUT2D eigenvalue weighted by Gasteiger charge is 2.15. The molecule has 0 amide bonds. The Morgan fingerprint density at radius 1 is 1.38 bits per heavy atom. The maximum atomic E-state index is 11.3. The van der Waals surface area contributed by atoms with Crippen LogP contribution in [0.3, 0.4) is 0 Å². The molecule has 1 aromatic rings. The highest BCUT2D eigenvalue weighted by atomic mass is 16.5. The Morgan fingerprint density at radius 3 is 3.00 bits per heavy atom. The van der Waals surface area contributed by atoms with Gasteiger partial charge in [-0.2, -0.15) is 0 Å². The minimum atomic E-state index is 0.0830. The van der Waals surface area contributed by atoms with Crippen LogP contribution in [0.5, 0.6) is 5.75 Å². The van der Waals surface area contributed by atoms with Gasteiger partial charge in [-0.1, -0.05) is 19.1 Å². The predicted octanol–water partition coefficient (Wildman–Crippen LogP) is 3.78. The Balaban J connectivity index is 1.63. The van der Waals surface area contributed by atoms with E-state index in [0.29, 0.717) is 0 Å². The van der Waals surface area contributed by atoms with Crippen LogP contribution in [0.1, 0.15) is 49.9 Å². The number of rotatable bonds is 7. The number of carbonyl (C=O) groups is 1. The molecule has 0 saturated carbocycles. The van der Waals surface area contributed by atoms with Crippen LogP contribution in [-0.2, 0) is 0 Å². The van der Waals surface area contributed by atoms with Crippen LogP contribution in [0.15, 0.2) is 24.3 Å². The number of benzene rings is 1. The van der Waals surface area contributed by atoms with Gasteiger partial charge in [-0.15, -0.1) is 0 Å². The van der Waals surface area contributed by atoms with Crippen LogP contribution in [-0.4, -0.2) is 36.9 Å². The molecule has 1 aromatic carbocycles. The standard InChI is InChI=1S/C18H27NO2/c1-15-7-6-11-19(14-15)10-3-4-12-21-18-9-5-8-17(13-18)16(2)20/h5,8-9,13,15H,3-4,6-7,10-12,14H2,1-2H3. The van der Waals surface area contributed by atoms with Gasteiger partial charge in [-0.05, 0) is 63.7 Å². The Morgan fingerprint density at radius 2 is 2.24 bits per heavy atom. The molecule has 116 valence electrons. The van der Waals surface area contributed by atoms with Crippen LogP contribution in [0.4, 0.5) is 0 Å². The number of piperidine rings is 1. The lowest BCUT2D eigenvalue weighted by molar-refractivity contribution is 0.101. The highest BCUT2D eigenvalue weighted by molar-refractivity contribution is 5.94. The van der Waals surface area contributed by atoms with Gasteiger partial charge in [0.1, 0.15) is 5.75 Å². The minimum Gasteiger partial charge on any atom is -0.494 e. The molecular weight excluding hydrogens is 262 g/mol. The van der Waals surface area contributed by atoms with Gasteiger partial charge < -0.3 is 9.64 Å². The lowest BCUT2D eigenvalue weighted by Crippen LogP contribution is -2.35. The smallest absolute Gasteiger partial charge is 0.159 e. The van der Waals surface area contributed by atoms with E-state index < -0.39 is 0 Å². The topological polar surface area (TPSA) is 29.5 Å². The van der Waals surface area contributed by atoms with Crippen molar-refractivity contribution in [2.24, 2.45) is 5.92 Å². The summed E-state index contributed by atoms with van der Waals surface area (Å²) in [5.41, 5.74) is 0.717. The number of unbranched alkanes of at least 4 members (excludes halogenated alkanes) is 1. The molecule has 2 rings (SSSR count). The van der Waals surface area contributed by atoms with E-state index in [1.54, 1.807) is 6.92 Å². The zero-order valence-corrected chi connectivity index (χ0v) is 13.3. The Bertz CT molecular complexity index is 458. The number of ketones is 1. The summed E-state index contributed by atoms with van der Waals surface area (Å²) in [5.74, 6) is 1.73. The summed E-state index contributed by atoms with van der Waals surface area (Å²) < 4.78 is 5.74. The first-order chi connectivity index (χ1) is 10.1. The number of Topliss-reactive ketones (excluding diaryl/α,β-unsaturated/α-hetero) is 1. The molecular formula is C18H27NO2. The zero-order valence-electron chi connectivity index (χ0n) is 13.3. The van der Waals surface area contributed by atoms with Crippen molar-refractivity contribution in [1.29, 1.82) is 0 Å².